The van der Waals surface area contributed by atoms with Gasteiger partial charge in [0.1, 0.15) is 5.82 Å². The highest BCUT2D eigenvalue weighted by molar-refractivity contribution is 8.00. The number of aromatic nitrogens is 3. The molecule has 9 heteroatoms. The van der Waals surface area contributed by atoms with Gasteiger partial charge in [0.25, 0.3) is 0 Å². The number of rotatable bonds is 6. The number of nitrogens with zero attached hydrogens (tertiary/aromatic N) is 3. The molecular formula is C24H24ClN3O4S. The number of methoxy groups -OCH3 is 3. The van der Waals surface area contributed by atoms with E-state index in [0.29, 0.717) is 22.4 Å². The zero-order valence-corrected chi connectivity index (χ0v) is 20.2. The number of carbonyl (C=O) groups is 1. The molecule has 1 fully saturated rings. The highest BCUT2D eigenvalue weighted by Crippen LogP contribution is 2.55. The molecule has 33 heavy (non-hydrogen) atoms. The first kappa shape index (κ1) is 22.1. The molecule has 0 bridgehead atoms. The Labute approximate surface area is 201 Å². The first-order valence-corrected chi connectivity index (χ1v) is 12.1. The number of para-hydroxylation sites is 1. The zero-order valence-electron chi connectivity index (χ0n) is 18.6. The van der Waals surface area contributed by atoms with E-state index >= 15 is 0 Å². The molecule has 0 radical (unpaired) electrons. The molecule has 2 heterocycles. The summed E-state index contributed by atoms with van der Waals surface area (Å²) in [4.78, 5) is 12.4. The molecule has 7 nitrogen and oxygen atoms in total. The van der Waals surface area contributed by atoms with E-state index in [2.05, 4.69) is 14.8 Å². The Balaban J connectivity index is 1.75. The van der Waals surface area contributed by atoms with Crippen LogP contribution in [-0.4, -0.2) is 42.1 Å². The molecule has 1 aromatic heterocycles. The number of thioether (sulfide) groups is 1. The summed E-state index contributed by atoms with van der Waals surface area (Å²) >= 11 is 8.11. The van der Waals surface area contributed by atoms with E-state index in [1.807, 2.05) is 36.4 Å². The molecule has 0 spiro atoms. The second kappa shape index (κ2) is 8.91. The molecule has 2 aliphatic rings. The monoisotopic (exact) mass is 485 g/mol. The van der Waals surface area contributed by atoms with Crippen LogP contribution in [0, 0.1) is 0 Å². The van der Waals surface area contributed by atoms with Crippen LogP contribution in [0.1, 0.15) is 58.5 Å². The maximum atomic E-state index is 12.4. The number of fused-ring (bicyclic) bond motifs is 3. The predicted octanol–water partition coefficient (Wildman–Crippen LogP) is 5.26. The Hall–Kier alpha value is -2.71. The quantitative estimate of drug-likeness (QED) is 0.441. The third-order valence-electron chi connectivity index (χ3n) is 6.05. The molecule has 1 aliphatic heterocycles. The minimum absolute atomic E-state index is 0.175. The maximum Gasteiger partial charge on any atom is 0.307 e. The number of hydrogen-bond donors (Lipinski definition) is 0. The first-order chi connectivity index (χ1) is 16.0. The summed E-state index contributed by atoms with van der Waals surface area (Å²) < 4.78 is 18.5. The molecular weight excluding hydrogens is 462 g/mol. The van der Waals surface area contributed by atoms with Gasteiger partial charge in [0.15, 0.2) is 17.3 Å². The van der Waals surface area contributed by atoms with Gasteiger partial charge in [-0.15, -0.1) is 22.0 Å². The van der Waals surface area contributed by atoms with Crippen LogP contribution in [0.4, 0.5) is 0 Å². The van der Waals surface area contributed by atoms with Crippen LogP contribution in [0.5, 0.6) is 11.5 Å². The molecule has 0 saturated heterocycles. The van der Waals surface area contributed by atoms with Crippen LogP contribution in [0.3, 0.4) is 0 Å². The lowest BCUT2D eigenvalue weighted by Gasteiger charge is -2.23. The van der Waals surface area contributed by atoms with Gasteiger partial charge in [-0.3, -0.25) is 9.36 Å². The van der Waals surface area contributed by atoms with Crippen molar-refractivity contribution in [2.24, 2.45) is 0 Å². The first-order valence-electron chi connectivity index (χ1n) is 10.7. The Morgan fingerprint density at radius 1 is 1.09 bits per heavy atom. The predicted molar refractivity (Wildman–Crippen MR) is 127 cm³/mol. The SMILES string of the molecule is COC(=O)C[C@@H]1S[C@@H](c2cccc(OC)c2OC)c2cc(Cl)ccc2-n2c(C3CC3)nnc21. The van der Waals surface area contributed by atoms with Crippen LogP contribution in [0.25, 0.3) is 5.69 Å². The third kappa shape index (κ3) is 3.95. The van der Waals surface area contributed by atoms with E-state index in [9.17, 15) is 4.79 Å². The Morgan fingerprint density at radius 2 is 1.88 bits per heavy atom. The van der Waals surface area contributed by atoms with Crippen molar-refractivity contribution in [3.63, 3.8) is 0 Å². The van der Waals surface area contributed by atoms with Gasteiger partial charge < -0.3 is 14.2 Å². The van der Waals surface area contributed by atoms with Gasteiger partial charge in [-0.2, -0.15) is 0 Å². The van der Waals surface area contributed by atoms with Crippen molar-refractivity contribution in [1.29, 1.82) is 0 Å². The van der Waals surface area contributed by atoms with Crippen LogP contribution in [0.2, 0.25) is 5.02 Å². The van der Waals surface area contributed by atoms with Crippen molar-refractivity contribution in [3.05, 3.63) is 64.2 Å². The van der Waals surface area contributed by atoms with Crippen LogP contribution in [-0.2, 0) is 9.53 Å². The van der Waals surface area contributed by atoms with Crippen molar-refractivity contribution in [2.45, 2.75) is 35.7 Å². The molecule has 1 aliphatic carbocycles. The lowest BCUT2D eigenvalue weighted by atomic mass is 10.0. The van der Waals surface area contributed by atoms with Crippen LogP contribution in [0.15, 0.2) is 36.4 Å². The molecule has 172 valence electrons. The number of carbonyl (C=O) groups excluding carboxylic acids is 1. The lowest BCUT2D eigenvalue weighted by molar-refractivity contribution is -0.140. The Morgan fingerprint density at radius 3 is 2.58 bits per heavy atom. The minimum Gasteiger partial charge on any atom is -0.493 e. The zero-order chi connectivity index (χ0) is 23.1. The highest BCUT2D eigenvalue weighted by Gasteiger charge is 2.39. The summed E-state index contributed by atoms with van der Waals surface area (Å²) in [6.45, 7) is 0. The van der Waals surface area contributed by atoms with Crippen LogP contribution < -0.4 is 9.47 Å². The molecule has 0 N–H and O–H groups in total. The molecule has 2 atom stereocenters. The molecule has 2 aromatic carbocycles. The van der Waals surface area contributed by atoms with E-state index in [1.54, 1.807) is 26.0 Å². The van der Waals surface area contributed by atoms with E-state index in [1.165, 1.54) is 7.11 Å². The molecule has 3 aromatic rings. The maximum absolute atomic E-state index is 12.4. The smallest absolute Gasteiger partial charge is 0.307 e. The average Bonchev–Trinajstić information content (AvgIpc) is 3.61. The van der Waals surface area contributed by atoms with Crippen molar-refractivity contribution < 1.29 is 19.0 Å². The number of esters is 1. The highest BCUT2D eigenvalue weighted by atomic mass is 35.5. The Kier molecular flexibility index (Phi) is 5.97. The second-order valence-corrected chi connectivity index (χ2v) is 9.85. The van der Waals surface area contributed by atoms with Gasteiger partial charge >= 0.3 is 5.97 Å². The largest absolute Gasteiger partial charge is 0.493 e. The van der Waals surface area contributed by atoms with E-state index < -0.39 is 0 Å². The van der Waals surface area contributed by atoms with E-state index in [-0.39, 0.29) is 22.9 Å². The summed E-state index contributed by atoms with van der Waals surface area (Å²) in [6, 6.07) is 11.7. The van der Waals surface area contributed by atoms with Gasteiger partial charge in [0.05, 0.1) is 43.9 Å². The normalized spacial score (nSPS) is 19.3. The average molecular weight is 486 g/mol. The number of halogens is 1. The fraction of sp³-hybridized carbons (Fsp3) is 0.375. The topological polar surface area (TPSA) is 75.5 Å². The van der Waals surface area contributed by atoms with Gasteiger partial charge in [-0.1, -0.05) is 23.7 Å². The van der Waals surface area contributed by atoms with Crippen LogP contribution >= 0.6 is 23.4 Å². The second-order valence-electron chi connectivity index (χ2n) is 8.10. The van der Waals surface area contributed by atoms with Crippen molar-refractivity contribution >= 4 is 29.3 Å². The Bertz CT molecular complexity index is 1210. The van der Waals surface area contributed by atoms with Crippen molar-refractivity contribution in [2.75, 3.05) is 21.3 Å². The standard InChI is InChI=1S/C24H24ClN3O4S/c1-30-18-6-4-5-15(21(18)32-3)22-16-11-14(25)9-10-17(16)28-23(13-7-8-13)26-27-24(28)19(33-22)12-20(29)31-2/h4-6,9-11,13,19,22H,7-8,12H2,1-3H3/t19-,22-/m0/s1. The van der Waals surface area contributed by atoms with Crippen molar-refractivity contribution in [1.82, 2.24) is 14.8 Å². The summed E-state index contributed by atoms with van der Waals surface area (Å²) in [6.07, 6.45) is 2.35. The third-order valence-corrected chi connectivity index (χ3v) is 7.77. The lowest BCUT2D eigenvalue weighted by Crippen LogP contribution is -2.11. The van der Waals surface area contributed by atoms with E-state index in [0.717, 1.165) is 41.3 Å². The number of hydrogen-bond acceptors (Lipinski definition) is 7. The summed E-state index contributed by atoms with van der Waals surface area (Å²) in [7, 11) is 4.66. The summed E-state index contributed by atoms with van der Waals surface area (Å²) in [5.41, 5.74) is 2.91. The molecule has 0 amide bonds. The van der Waals surface area contributed by atoms with E-state index in [4.69, 9.17) is 25.8 Å². The molecule has 0 unspecified atom stereocenters. The molecule has 1 saturated carbocycles. The van der Waals surface area contributed by atoms with Gasteiger partial charge in [0, 0.05) is 16.5 Å². The number of benzene rings is 2. The van der Waals surface area contributed by atoms with Crippen molar-refractivity contribution in [3.8, 4) is 17.2 Å². The summed E-state index contributed by atoms with van der Waals surface area (Å²) in [5.74, 6) is 3.06. The van der Waals surface area contributed by atoms with Gasteiger partial charge in [-0.25, -0.2) is 0 Å². The number of ether oxygens (including phenoxy) is 3. The fourth-order valence-corrected chi connectivity index (χ4v) is 6.02. The fourth-order valence-electron chi connectivity index (χ4n) is 4.34. The van der Waals surface area contributed by atoms with Gasteiger partial charge in [-0.05, 0) is 42.7 Å². The van der Waals surface area contributed by atoms with Gasteiger partial charge in [0.2, 0.25) is 0 Å². The summed E-state index contributed by atoms with van der Waals surface area (Å²) in [5, 5.41) is 9.28. The molecule has 5 rings (SSSR count). The minimum atomic E-state index is -0.296.